The molecule has 0 aliphatic carbocycles. The van der Waals surface area contributed by atoms with Crippen LogP contribution in [0.25, 0.3) is 0 Å². The van der Waals surface area contributed by atoms with Crippen LogP contribution in [0.5, 0.6) is 0 Å². The maximum atomic E-state index is 5.84. The van der Waals surface area contributed by atoms with E-state index in [-0.39, 0.29) is 6.04 Å². The van der Waals surface area contributed by atoms with Gasteiger partial charge in [-0.25, -0.2) is 0 Å². The number of nitrogens with zero attached hydrogens (tertiary/aromatic N) is 3. The Morgan fingerprint density at radius 1 is 1.55 bits per heavy atom. The third-order valence-electron chi connectivity index (χ3n) is 2.19. The van der Waals surface area contributed by atoms with E-state index in [1.165, 1.54) is 0 Å². The Hall–Kier alpha value is -0.900. The second-order valence-corrected chi connectivity index (χ2v) is 3.01. The highest BCUT2D eigenvalue weighted by Crippen LogP contribution is 2.20. The lowest BCUT2D eigenvalue weighted by molar-refractivity contribution is 0.446. The SMILES string of the molecule is Cc1nnc2n1CCCC2N. The van der Waals surface area contributed by atoms with Gasteiger partial charge in [0.05, 0.1) is 6.04 Å². The van der Waals surface area contributed by atoms with Crippen molar-refractivity contribution < 1.29 is 0 Å². The van der Waals surface area contributed by atoms with Gasteiger partial charge in [0, 0.05) is 6.54 Å². The quantitative estimate of drug-likeness (QED) is 0.584. The molecule has 1 unspecified atom stereocenters. The molecule has 0 radical (unpaired) electrons. The molecule has 0 fully saturated rings. The normalized spacial score (nSPS) is 23.3. The molecule has 4 heteroatoms. The van der Waals surface area contributed by atoms with Gasteiger partial charge in [-0.1, -0.05) is 0 Å². The van der Waals surface area contributed by atoms with Crippen LogP contribution in [0.1, 0.15) is 30.5 Å². The van der Waals surface area contributed by atoms with Gasteiger partial charge >= 0.3 is 0 Å². The van der Waals surface area contributed by atoms with Crippen LogP contribution >= 0.6 is 0 Å². The lowest BCUT2D eigenvalue weighted by Gasteiger charge is -2.19. The summed E-state index contributed by atoms with van der Waals surface area (Å²) in [6, 6.07) is 0.102. The summed E-state index contributed by atoms with van der Waals surface area (Å²) in [6.07, 6.45) is 2.19. The third kappa shape index (κ3) is 0.939. The smallest absolute Gasteiger partial charge is 0.149 e. The van der Waals surface area contributed by atoms with Crippen molar-refractivity contribution in [1.29, 1.82) is 0 Å². The van der Waals surface area contributed by atoms with E-state index in [1.54, 1.807) is 0 Å². The minimum absolute atomic E-state index is 0.102. The van der Waals surface area contributed by atoms with E-state index in [9.17, 15) is 0 Å². The number of hydrogen-bond acceptors (Lipinski definition) is 3. The molecule has 0 amide bonds. The minimum Gasteiger partial charge on any atom is -0.321 e. The van der Waals surface area contributed by atoms with Crippen molar-refractivity contribution >= 4 is 0 Å². The number of nitrogens with two attached hydrogens (primary N) is 1. The van der Waals surface area contributed by atoms with Crippen LogP contribution in [0.15, 0.2) is 0 Å². The summed E-state index contributed by atoms with van der Waals surface area (Å²) in [5.41, 5.74) is 5.84. The van der Waals surface area contributed by atoms with E-state index in [2.05, 4.69) is 14.8 Å². The zero-order valence-electron chi connectivity index (χ0n) is 6.62. The monoisotopic (exact) mass is 152 g/mol. The zero-order valence-corrected chi connectivity index (χ0v) is 6.62. The largest absolute Gasteiger partial charge is 0.321 e. The van der Waals surface area contributed by atoms with Gasteiger partial charge in [-0.05, 0) is 19.8 Å². The number of aryl methyl sites for hydroxylation is 1. The van der Waals surface area contributed by atoms with E-state index in [0.29, 0.717) is 0 Å². The second-order valence-electron chi connectivity index (χ2n) is 3.01. The van der Waals surface area contributed by atoms with Crippen LogP contribution in [0.3, 0.4) is 0 Å². The van der Waals surface area contributed by atoms with Gasteiger partial charge in [-0.2, -0.15) is 0 Å². The molecule has 11 heavy (non-hydrogen) atoms. The number of aromatic nitrogens is 3. The summed E-state index contributed by atoms with van der Waals surface area (Å²) < 4.78 is 2.11. The molecule has 2 N–H and O–H groups in total. The molecule has 1 aliphatic rings. The molecule has 0 saturated carbocycles. The highest BCUT2D eigenvalue weighted by Gasteiger charge is 2.19. The van der Waals surface area contributed by atoms with Crippen molar-refractivity contribution in [2.75, 3.05) is 0 Å². The fraction of sp³-hybridized carbons (Fsp3) is 0.714. The van der Waals surface area contributed by atoms with Crippen molar-refractivity contribution in [3.05, 3.63) is 11.6 Å². The average Bonchev–Trinajstić information content (AvgIpc) is 2.35. The van der Waals surface area contributed by atoms with E-state index < -0.39 is 0 Å². The lowest BCUT2D eigenvalue weighted by atomic mass is 10.1. The first-order chi connectivity index (χ1) is 5.29. The summed E-state index contributed by atoms with van der Waals surface area (Å²) >= 11 is 0. The lowest BCUT2D eigenvalue weighted by Crippen LogP contribution is -2.22. The van der Waals surface area contributed by atoms with Gasteiger partial charge in [0.1, 0.15) is 11.6 Å². The first kappa shape index (κ1) is 6.79. The molecule has 2 rings (SSSR count). The Balaban J connectivity index is 2.46. The Labute approximate surface area is 65.4 Å². The molecular weight excluding hydrogens is 140 g/mol. The Morgan fingerprint density at radius 2 is 2.36 bits per heavy atom. The van der Waals surface area contributed by atoms with E-state index >= 15 is 0 Å². The molecular formula is C7H12N4. The van der Waals surface area contributed by atoms with Crippen LogP contribution < -0.4 is 5.73 Å². The minimum atomic E-state index is 0.102. The maximum Gasteiger partial charge on any atom is 0.149 e. The highest BCUT2D eigenvalue weighted by atomic mass is 15.3. The van der Waals surface area contributed by atoms with Gasteiger partial charge in [0.2, 0.25) is 0 Å². The molecule has 1 aromatic heterocycles. The van der Waals surface area contributed by atoms with Crippen LogP contribution in [0.2, 0.25) is 0 Å². The molecule has 2 heterocycles. The highest BCUT2D eigenvalue weighted by molar-refractivity contribution is 5.01. The van der Waals surface area contributed by atoms with Crippen LogP contribution in [-0.2, 0) is 6.54 Å². The van der Waals surface area contributed by atoms with Crippen molar-refractivity contribution in [2.45, 2.75) is 32.4 Å². The predicted octanol–water partition coefficient (Wildman–Crippen LogP) is 0.380. The fourth-order valence-electron chi connectivity index (χ4n) is 1.55. The molecule has 1 aliphatic heterocycles. The Bertz CT molecular complexity index is 265. The number of fused-ring (bicyclic) bond motifs is 1. The topological polar surface area (TPSA) is 56.7 Å². The van der Waals surface area contributed by atoms with E-state index in [4.69, 9.17) is 5.73 Å². The third-order valence-corrected chi connectivity index (χ3v) is 2.19. The van der Waals surface area contributed by atoms with E-state index in [0.717, 1.165) is 31.0 Å². The van der Waals surface area contributed by atoms with E-state index in [1.807, 2.05) is 6.92 Å². The van der Waals surface area contributed by atoms with Gasteiger partial charge in [0.25, 0.3) is 0 Å². The van der Waals surface area contributed by atoms with Gasteiger partial charge in [0.15, 0.2) is 0 Å². The molecule has 60 valence electrons. The summed E-state index contributed by atoms with van der Waals surface area (Å²) in [5, 5.41) is 8.01. The predicted molar refractivity (Wildman–Crippen MR) is 40.9 cm³/mol. The summed E-state index contributed by atoms with van der Waals surface area (Å²) in [7, 11) is 0. The van der Waals surface area contributed by atoms with Crippen LogP contribution in [0, 0.1) is 6.92 Å². The van der Waals surface area contributed by atoms with Crippen molar-refractivity contribution in [3.8, 4) is 0 Å². The Kier molecular flexibility index (Phi) is 1.42. The molecule has 0 spiro atoms. The summed E-state index contributed by atoms with van der Waals surface area (Å²) in [4.78, 5) is 0. The number of rotatable bonds is 0. The van der Waals surface area contributed by atoms with Crippen molar-refractivity contribution in [3.63, 3.8) is 0 Å². The second kappa shape index (κ2) is 2.30. The van der Waals surface area contributed by atoms with Gasteiger partial charge < -0.3 is 10.3 Å². The molecule has 0 saturated heterocycles. The molecule has 1 aromatic rings. The maximum absolute atomic E-state index is 5.84. The first-order valence-corrected chi connectivity index (χ1v) is 3.94. The summed E-state index contributed by atoms with van der Waals surface area (Å²) in [5.74, 6) is 1.93. The zero-order chi connectivity index (χ0) is 7.84. The Morgan fingerprint density at radius 3 is 3.09 bits per heavy atom. The fourth-order valence-corrected chi connectivity index (χ4v) is 1.55. The standard InChI is InChI=1S/C7H12N4/c1-5-9-10-7-6(8)3-2-4-11(5)7/h6H,2-4,8H2,1H3. The van der Waals surface area contributed by atoms with Crippen molar-refractivity contribution in [1.82, 2.24) is 14.8 Å². The van der Waals surface area contributed by atoms with Crippen LogP contribution in [0.4, 0.5) is 0 Å². The van der Waals surface area contributed by atoms with Crippen molar-refractivity contribution in [2.24, 2.45) is 5.73 Å². The summed E-state index contributed by atoms with van der Waals surface area (Å²) in [6.45, 7) is 3.00. The molecule has 4 nitrogen and oxygen atoms in total. The number of hydrogen-bond donors (Lipinski definition) is 1. The molecule has 0 bridgehead atoms. The first-order valence-electron chi connectivity index (χ1n) is 3.94. The molecule has 0 aromatic carbocycles. The van der Waals surface area contributed by atoms with Crippen LogP contribution in [-0.4, -0.2) is 14.8 Å². The van der Waals surface area contributed by atoms with Gasteiger partial charge in [-0.15, -0.1) is 10.2 Å². The average molecular weight is 152 g/mol. The molecule has 1 atom stereocenters. The van der Waals surface area contributed by atoms with Gasteiger partial charge in [-0.3, -0.25) is 0 Å².